The molecule has 6 heteroatoms. The van der Waals surface area contributed by atoms with Crippen molar-refractivity contribution in [3.05, 3.63) is 69.5 Å². The maximum atomic E-state index is 13.3. The molecule has 1 amide bonds. The van der Waals surface area contributed by atoms with E-state index in [1.54, 1.807) is 24.4 Å². The molecular formula is C16H9BrClFN2O. The Hall–Kier alpha value is -1.98. The van der Waals surface area contributed by atoms with Crippen LogP contribution in [0.3, 0.4) is 0 Å². The summed E-state index contributed by atoms with van der Waals surface area (Å²) in [4.78, 5) is 16.6. The highest BCUT2D eigenvalue weighted by Gasteiger charge is 2.14. The maximum absolute atomic E-state index is 13.3. The fraction of sp³-hybridized carbons (Fsp3) is 0. The van der Waals surface area contributed by atoms with Gasteiger partial charge in [-0.1, -0.05) is 17.7 Å². The van der Waals surface area contributed by atoms with Crippen LogP contribution in [-0.2, 0) is 0 Å². The molecule has 0 aliphatic carbocycles. The molecule has 0 radical (unpaired) electrons. The number of nitrogens with zero attached hydrogens (tertiary/aromatic N) is 1. The molecule has 3 rings (SSSR count). The summed E-state index contributed by atoms with van der Waals surface area (Å²) in [5, 5.41) is 4.02. The highest BCUT2D eigenvalue weighted by molar-refractivity contribution is 9.10. The Labute approximate surface area is 139 Å². The number of benzene rings is 2. The molecule has 110 valence electrons. The first kappa shape index (κ1) is 14.9. The molecule has 3 aromatic rings. The second kappa shape index (κ2) is 6.02. The second-order valence-electron chi connectivity index (χ2n) is 4.61. The lowest BCUT2D eigenvalue weighted by Crippen LogP contribution is -2.13. The Morgan fingerprint density at radius 3 is 2.86 bits per heavy atom. The topological polar surface area (TPSA) is 42.0 Å². The zero-order valence-corrected chi connectivity index (χ0v) is 13.5. The summed E-state index contributed by atoms with van der Waals surface area (Å²) in [6, 6.07) is 10.9. The van der Waals surface area contributed by atoms with Gasteiger partial charge in [0.25, 0.3) is 5.91 Å². The van der Waals surface area contributed by atoms with E-state index in [1.807, 2.05) is 6.07 Å². The summed E-state index contributed by atoms with van der Waals surface area (Å²) < 4.78 is 13.8. The Balaban J connectivity index is 2.03. The number of halogens is 3. The van der Waals surface area contributed by atoms with E-state index in [-0.39, 0.29) is 5.56 Å². The molecule has 0 atom stereocenters. The molecule has 0 saturated heterocycles. The third kappa shape index (κ3) is 2.96. The molecule has 22 heavy (non-hydrogen) atoms. The zero-order valence-electron chi connectivity index (χ0n) is 11.1. The molecule has 0 aliphatic heterocycles. The van der Waals surface area contributed by atoms with Crippen molar-refractivity contribution in [2.75, 3.05) is 5.32 Å². The van der Waals surface area contributed by atoms with Crippen molar-refractivity contribution in [2.45, 2.75) is 0 Å². The Morgan fingerprint density at radius 2 is 2.05 bits per heavy atom. The molecule has 0 saturated carbocycles. The fourth-order valence-corrected chi connectivity index (χ4v) is 2.77. The number of aromatic nitrogens is 1. The third-order valence-corrected chi connectivity index (χ3v) is 4.00. The smallest absolute Gasteiger partial charge is 0.256 e. The van der Waals surface area contributed by atoms with Crippen molar-refractivity contribution in [3.8, 4) is 0 Å². The average molecular weight is 380 g/mol. The van der Waals surface area contributed by atoms with Crippen molar-refractivity contribution < 1.29 is 9.18 Å². The van der Waals surface area contributed by atoms with Gasteiger partial charge < -0.3 is 5.32 Å². The molecule has 0 spiro atoms. The van der Waals surface area contributed by atoms with Gasteiger partial charge in [-0.05, 0) is 52.3 Å². The molecule has 0 unspecified atom stereocenters. The van der Waals surface area contributed by atoms with E-state index in [1.165, 1.54) is 18.2 Å². The molecule has 0 fully saturated rings. The monoisotopic (exact) mass is 378 g/mol. The minimum Gasteiger partial charge on any atom is -0.320 e. The van der Waals surface area contributed by atoms with Crippen LogP contribution in [0.15, 0.2) is 53.1 Å². The van der Waals surface area contributed by atoms with Crippen LogP contribution in [-0.4, -0.2) is 10.9 Å². The lowest BCUT2D eigenvalue weighted by molar-refractivity contribution is 0.102. The first-order valence-corrected chi connectivity index (χ1v) is 7.52. The summed E-state index contributed by atoms with van der Waals surface area (Å²) in [5.74, 6) is -0.928. The number of pyridine rings is 1. The zero-order chi connectivity index (χ0) is 15.7. The quantitative estimate of drug-likeness (QED) is 0.677. The number of amides is 1. The van der Waals surface area contributed by atoms with Gasteiger partial charge in [0.2, 0.25) is 0 Å². The number of carbonyl (C=O) groups excluding carboxylic acids is 1. The van der Waals surface area contributed by atoms with Crippen LogP contribution >= 0.6 is 27.5 Å². The number of fused-ring (bicyclic) bond motifs is 1. The van der Waals surface area contributed by atoms with Crippen molar-refractivity contribution in [3.63, 3.8) is 0 Å². The first-order valence-electron chi connectivity index (χ1n) is 6.35. The molecule has 1 N–H and O–H groups in total. The number of carbonyl (C=O) groups is 1. The number of anilines is 1. The number of hydrogen-bond donors (Lipinski definition) is 1. The summed E-state index contributed by atoms with van der Waals surface area (Å²) >= 11 is 9.30. The summed E-state index contributed by atoms with van der Waals surface area (Å²) in [7, 11) is 0. The van der Waals surface area contributed by atoms with Gasteiger partial charge in [-0.3, -0.25) is 9.78 Å². The molecule has 3 nitrogen and oxygen atoms in total. The van der Waals surface area contributed by atoms with Crippen molar-refractivity contribution in [1.82, 2.24) is 4.98 Å². The van der Waals surface area contributed by atoms with E-state index in [0.717, 1.165) is 5.39 Å². The third-order valence-electron chi connectivity index (χ3n) is 3.09. The van der Waals surface area contributed by atoms with E-state index in [4.69, 9.17) is 11.6 Å². The van der Waals surface area contributed by atoms with Gasteiger partial charge in [-0.25, -0.2) is 4.39 Å². The minimum absolute atomic E-state index is 0.198. The number of hydrogen-bond acceptors (Lipinski definition) is 2. The Kier molecular flexibility index (Phi) is 4.09. The van der Waals surface area contributed by atoms with Gasteiger partial charge in [-0.15, -0.1) is 0 Å². The van der Waals surface area contributed by atoms with Gasteiger partial charge in [0.15, 0.2) is 0 Å². The molecule has 0 bridgehead atoms. The molecule has 0 aliphatic rings. The van der Waals surface area contributed by atoms with E-state index in [0.29, 0.717) is 20.7 Å². The molecule has 1 heterocycles. The van der Waals surface area contributed by atoms with Crippen LogP contribution in [0.25, 0.3) is 10.9 Å². The van der Waals surface area contributed by atoms with Crippen molar-refractivity contribution in [1.29, 1.82) is 0 Å². The number of rotatable bonds is 2. The van der Waals surface area contributed by atoms with Crippen LogP contribution in [0.2, 0.25) is 5.02 Å². The standard InChI is InChI=1S/C16H9BrClFN2O/c17-13-4-3-11(19)8-12(13)16(22)21-14-7-10(18)6-9-2-1-5-20-15(9)14/h1-8H,(H,21,22). The first-order chi connectivity index (χ1) is 10.5. The summed E-state index contributed by atoms with van der Waals surface area (Å²) in [6.07, 6.45) is 1.63. The molecule has 1 aromatic heterocycles. The lowest BCUT2D eigenvalue weighted by Gasteiger charge is -2.10. The summed E-state index contributed by atoms with van der Waals surface area (Å²) in [6.45, 7) is 0. The van der Waals surface area contributed by atoms with Gasteiger partial charge in [0, 0.05) is 21.1 Å². The Bertz CT molecular complexity index is 885. The van der Waals surface area contributed by atoms with Gasteiger partial charge in [-0.2, -0.15) is 0 Å². The number of nitrogens with one attached hydrogen (secondary N) is 1. The highest BCUT2D eigenvalue weighted by atomic mass is 79.9. The van der Waals surface area contributed by atoms with Crippen molar-refractivity contribution >= 4 is 50.0 Å². The highest BCUT2D eigenvalue weighted by Crippen LogP contribution is 2.27. The average Bonchev–Trinajstić information content (AvgIpc) is 2.49. The normalized spacial score (nSPS) is 10.7. The van der Waals surface area contributed by atoms with Crippen LogP contribution < -0.4 is 5.32 Å². The predicted molar refractivity (Wildman–Crippen MR) is 88.8 cm³/mol. The SMILES string of the molecule is O=C(Nc1cc(Cl)cc2cccnc12)c1cc(F)ccc1Br. The summed E-state index contributed by atoms with van der Waals surface area (Å²) in [5.41, 5.74) is 1.29. The van der Waals surface area contributed by atoms with E-state index in [9.17, 15) is 9.18 Å². The second-order valence-corrected chi connectivity index (χ2v) is 5.90. The van der Waals surface area contributed by atoms with Crippen LogP contribution in [0.1, 0.15) is 10.4 Å². The molecule has 2 aromatic carbocycles. The lowest BCUT2D eigenvalue weighted by atomic mass is 10.1. The Morgan fingerprint density at radius 1 is 1.23 bits per heavy atom. The van der Waals surface area contributed by atoms with Crippen molar-refractivity contribution in [2.24, 2.45) is 0 Å². The van der Waals surface area contributed by atoms with Gasteiger partial charge in [0.1, 0.15) is 5.82 Å². The van der Waals surface area contributed by atoms with E-state index in [2.05, 4.69) is 26.2 Å². The van der Waals surface area contributed by atoms with Gasteiger partial charge in [0.05, 0.1) is 16.8 Å². The maximum Gasteiger partial charge on any atom is 0.256 e. The minimum atomic E-state index is -0.484. The fourth-order valence-electron chi connectivity index (χ4n) is 2.11. The van der Waals surface area contributed by atoms with Crippen LogP contribution in [0, 0.1) is 5.82 Å². The van der Waals surface area contributed by atoms with Gasteiger partial charge >= 0.3 is 0 Å². The predicted octanol–water partition coefficient (Wildman–Crippen LogP) is 5.04. The van der Waals surface area contributed by atoms with Crippen LogP contribution in [0.5, 0.6) is 0 Å². The molecular weight excluding hydrogens is 371 g/mol. The largest absolute Gasteiger partial charge is 0.320 e. The van der Waals surface area contributed by atoms with E-state index < -0.39 is 11.7 Å². The van der Waals surface area contributed by atoms with Crippen LogP contribution in [0.4, 0.5) is 10.1 Å². The van der Waals surface area contributed by atoms with E-state index >= 15 is 0 Å².